The van der Waals surface area contributed by atoms with Crippen molar-refractivity contribution in [3.8, 4) is 16.9 Å². The third-order valence-electron chi connectivity index (χ3n) is 7.88. The van der Waals surface area contributed by atoms with Crippen molar-refractivity contribution in [2.75, 3.05) is 0 Å². The summed E-state index contributed by atoms with van der Waals surface area (Å²) >= 11 is 0. The van der Waals surface area contributed by atoms with Crippen LogP contribution in [0.3, 0.4) is 0 Å². The first-order valence-electron chi connectivity index (χ1n) is 10.2. The highest BCUT2D eigenvalue weighted by Gasteiger charge is 2.54. The number of aliphatic hydroxyl groups excluding tert-OH is 1. The van der Waals surface area contributed by atoms with Crippen molar-refractivity contribution in [1.29, 1.82) is 0 Å². The van der Waals surface area contributed by atoms with Crippen LogP contribution in [0.1, 0.15) is 56.1 Å². The SMILES string of the molecule is C[C@]12CC[C@@H]3c4cc(-c5ccccc5)c(O)cc4CC[C@H]3[C@@H]1CC[C@H]2O. The monoisotopic (exact) mass is 348 g/mol. The number of benzene rings is 2. The predicted octanol–water partition coefficient (Wildman–Crippen LogP) is 5.28. The molecule has 0 spiro atoms. The molecule has 0 heterocycles. The first kappa shape index (κ1) is 16.4. The zero-order valence-electron chi connectivity index (χ0n) is 15.5. The second-order valence-corrected chi connectivity index (χ2v) is 8.99. The average Bonchev–Trinajstić information content (AvgIpc) is 2.96. The zero-order valence-corrected chi connectivity index (χ0v) is 15.5. The summed E-state index contributed by atoms with van der Waals surface area (Å²) in [5.74, 6) is 2.33. The zero-order chi connectivity index (χ0) is 17.9. The third-order valence-corrected chi connectivity index (χ3v) is 7.88. The summed E-state index contributed by atoms with van der Waals surface area (Å²) in [6.07, 6.45) is 6.59. The lowest BCUT2D eigenvalue weighted by Crippen LogP contribution is -2.43. The molecule has 0 bridgehead atoms. The maximum Gasteiger partial charge on any atom is 0.123 e. The summed E-state index contributed by atoms with van der Waals surface area (Å²) in [4.78, 5) is 0. The molecular weight excluding hydrogens is 320 g/mol. The van der Waals surface area contributed by atoms with Gasteiger partial charge in [-0.3, -0.25) is 0 Å². The molecule has 0 aliphatic heterocycles. The third kappa shape index (κ3) is 2.28. The molecule has 3 aliphatic carbocycles. The van der Waals surface area contributed by atoms with Crippen LogP contribution < -0.4 is 0 Å². The second-order valence-electron chi connectivity index (χ2n) is 8.99. The Hall–Kier alpha value is -1.80. The van der Waals surface area contributed by atoms with Gasteiger partial charge in [-0.25, -0.2) is 0 Å². The van der Waals surface area contributed by atoms with Crippen LogP contribution in [0.5, 0.6) is 5.75 Å². The van der Waals surface area contributed by atoms with E-state index in [4.69, 9.17) is 0 Å². The molecule has 0 amide bonds. The van der Waals surface area contributed by atoms with E-state index in [-0.39, 0.29) is 11.5 Å². The summed E-state index contributed by atoms with van der Waals surface area (Å²) in [5.41, 5.74) is 4.97. The van der Waals surface area contributed by atoms with E-state index in [0.717, 1.165) is 30.4 Å². The standard InChI is InChI=1S/C24H28O2/c1-24-12-11-17-18(21(24)9-10-23(24)26)8-7-16-13-22(25)20(14-19(16)17)15-5-3-2-4-6-15/h2-6,13-14,17-18,21,23,25-26H,7-12H2,1H3/t17-,18+,21-,23+,24-/m0/s1. The Kier molecular flexibility index (Phi) is 3.69. The van der Waals surface area contributed by atoms with Crippen molar-refractivity contribution in [3.05, 3.63) is 53.6 Å². The van der Waals surface area contributed by atoms with Gasteiger partial charge in [0.2, 0.25) is 0 Å². The minimum Gasteiger partial charge on any atom is -0.507 e. The van der Waals surface area contributed by atoms with Crippen LogP contribution in [0.2, 0.25) is 0 Å². The Bertz CT molecular complexity index is 828. The van der Waals surface area contributed by atoms with Crippen LogP contribution in [0.4, 0.5) is 0 Å². The van der Waals surface area contributed by atoms with Gasteiger partial charge >= 0.3 is 0 Å². The van der Waals surface area contributed by atoms with Crippen LogP contribution in [-0.2, 0) is 6.42 Å². The topological polar surface area (TPSA) is 40.5 Å². The van der Waals surface area contributed by atoms with Crippen LogP contribution >= 0.6 is 0 Å². The summed E-state index contributed by atoms with van der Waals surface area (Å²) in [7, 11) is 0. The Morgan fingerprint density at radius 2 is 1.81 bits per heavy atom. The number of hydrogen-bond donors (Lipinski definition) is 2. The number of aromatic hydroxyl groups is 1. The van der Waals surface area contributed by atoms with E-state index in [1.54, 1.807) is 0 Å². The van der Waals surface area contributed by atoms with E-state index < -0.39 is 0 Å². The first-order valence-corrected chi connectivity index (χ1v) is 10.2. The van der Waals surface area contributed by atoms with Crippen LogP contribution in [0.15, 0.2) is 42.5 Å². The van der Waals surface area contributed by atoms with Crippen molar-refractivity contribution in [3.63, 3.8) is 0 Å². The van der Waals surface area contributed by atoms with E-state index in [1.165, 1.54) is 30.4 Å². The van der Waals surface area contributed by atoms with Crippen molar-refractivity contribution in [2.24, 2.45) is 17.3 Å². The highest BCUT2D eigenvalue weighted by Crippen LogP contribution is 2.61. The van der Waals surface area contributed by atoms with E-state index >= 15 is 0 Å². The van der Waals surface area contributed by atoms with E-state index in [2.05, 4.69) is 25.1 Å². The number of phenols is 1. The van der Waals surface area contributed by atoms with E-state index in [1.807, 2.05) is 24.3 Å². The fourth-order valence-corrected chi connectivity index (χ4v) is 6.43. The number of fused-ring (bicyclic) bond motifs is 5. The lowest BCUT2D eigenvalue weighted by atomic mass is 9.55. The quantitative estimate of drug-likeness (QED) is 0.736. The fourth-order valence-electron chi connectivity index (χ4n) is 6.43. The largest absolute Gasteiger partial charge is 0.507 e. The Morgan fingerprint density at radius 3 is 2.62 bits per heavy atom. The molecule has 136 valence electrons. The smallest absolute Gasteiger partial charge is 0.123 e. The molecule has 3 aliphatic rings. The molecule has 2 aromatic rings. The highest BCUT2D eigenvalue weighted by molar-refractivity contribution is 5.72. The molecule has 0 saturated heterocycles. The molecular formula is C24H28O2. The van der Waals surface area contributed by atoms with Gasteiger partial charge in [-0.15, -0.1) is 0 Å². The highest BCUT2D eigenvalue weighted by atomic mass is 16.3. The second kappa shape index (κ2) is 5.85. The summed E-state index contributed by atoms with van der Waals surface area (Å²) in [5, 5.41) is 21.2. The number of phenolic OH excluding ortho intramolecular Hbond substituents is 1. The van der Waals surface area contributed by atoms with Gasteiger partial charge in [-0.2, -0.15) is 0 Å². The van der Waals surface area contributed by atoms with Crippen molar-refractivity contribution >= 4 is 0 Å². The molecule has 2 N–H and O–H groups in total. The van der Waals surface area contributed by atoms with Crippen LogP contribution in [0.25, 0.3) is 11.1 Å². The predicted molar refractivity (Wildman–Crippen MR) is 104 cm³/mol. The molecule has 0 radical (unpaired) electrons. The van der Waals surface area contributed by atoms with Gasteiger partial charge in [0, 0.05) is 5.56 Å². The van der Waals surface area contributed by atoms with Crippen LogP contribution in [-0.4, -0.2) is 16.3 Å². The van der Waals surface area contributed by atoms with Gasteiger partial charge in [0.05, 0.1) is 6.10 Å². The molecule has 2 aromatic carbocycles. The lowest BCUT2D eigenvalue weighted by molar-refractivity contribution is -0.0226. The molecule has 2 heteroatoms. The molecule has 2 fully saturated rings. The lowest BCUT2D eigenvalue weighted by Gasteiger charge is -2.50. The number of rotatable bonds is 1. The molecule has 2 nitrogen and oxygen atoms in total. The van der Waals surface area contributed by atoms with Gasteiger partial charge in [0.25, 0.3) is 0 Å². The van der Waals surface area contributed by atoms with E-state index in [9.17, 15) is 10.2 Å². The minimum absolute atomic E-state index is 0.116. The maximum absolute atomic E-state index is 10.6. The van der Waals surface area contributed by atoms with Crippen molar-refractivity contribution in [2.45, 2.75) is 57.5 Å². The number of aryl methyl sites for hydroxylation is 1. The molecule has 0 aromatic heterocycles. The summed E-state index contributed by atoms with van der Waals surface area (Å²) in [6.45, 7) is 2.33. The van der Waals surface area contributed by atoms with Gasteiger partial charge in [0.15, 0.2) is 0 Å². The first-order chi connectivity index (χ1) is 12.6. The maximum atomic E-state index is 10.6. The van der Waals surface area contributed by atoms with Gasteiger partial charge in [0.1, 0.15) is 5.75 Å². The molecule has 0 unspecified atom stereocenters. The summed E-state index contributed by atoms with van der Waals surface area (Å²) < 4.78 is 0. The Balaban J connectivity index is 1.56. The van der Waals surface area contributed by atoms with Crippen LogP contribution in [0, 0.1) is 17.3 Å². The van der Waals surface area contributed by atoms with Gasteiger partial charge in [-0.1, -0.05) is 37.3 Å². The van der Waals surface area contributed by atoms with Gasteiger partial charge < -0.3 is 10.2 Å². The van der Waals surface area contributed by atoms with Crippen molar-refractivity contribution in [1.82, 2.24) is 0 Å². The Labute approximate surface area is 155 Å². The number of aliphatic hydroxyl groups is 1. The average molecular weight is 348 g/mol. The summed E-state index contributed by atoms with van der Waals surface area (Å²) in [6, 6.07) is 14.5. The Morgan fingerprint density at radius 1 is 1.00 bits per heavy atom. The molecule has 26 heavy (non-hydrogen) atoms. The normalized spacial score (nSPS) is 35.5. The van der Waals surface area contributed by atoms with Crippen molar-refractivity contribution < 1.29 is 10.2 Å². The fraction of sp³-hybridized carbons (Fsp3) is 0.500. The minimum atomic E-state index is -0.116. The van der Waals surface area contributed by atoms with Gasteiger partial charge in [-0.05, 0) is 90.5 Å². The molecule has 5 atom stereocenters. The van der Waals surface area contributed by atoms with E-state index in [0.29, 0.717) is 23.5 Å². The number of hydrogen-bond acceptors (Lipinski definition) is 2. The molecule has 2 saturated carbocycles. The molecule has 5 rings (SSSR count).